The number of alkyl halides is 2. The van der Waals surface area contributed by atoms with Crippen LogP contribution in [0.3, 0.4) is 0 Å². The van der Waals surface area contributed by atoms with Gasteiger partial charge in [-0.3, -0.25) is 4.98 Å². The third-order valence-electron chi connectivity index (χ3n) is 4.38. The molecule has 1 aliphatic carbocycles. The Morgan fingerprint density at radius 3 is 2.41 bits per heavy atom. The van der Waals surface area contributed by atoms with Crippen LogP contribution in [-0.4, -0.2) is 28.3 Å². The van der Waals surface area contributed by atoms with Crippen LogP contribution < -0.4 is 9.47 Å². The molecular formula is C22H24F2N2O3. The van der Waals surface area contributed by atoms with Crippen molar-refractivity contribution in [3.05, 3.63) is 78.4 Å². The fourth-order valence-corrected chi connectivity index (χ4v) is 2.66. The summed E-state index contributed by atoms with van der Waals surface area (Å²) in [6.07, 6.45) is 7.13. The molecular weight excluding hydrogens is 378 g/mol. The van der Waals surface area contributed by atoms with Gasteiger partial charge in [0.05, 0.1) is 12.7 Å². The van der Waals surface area contributed by atoms with E-state index in [-0.39, 0.29) is 11.5 Å². The molecule has 1 saturated carbocycles. The van der Waals surface area contributed by atoms with Crippen molar-refractivity contribution in [2.24, 2.45) is 5.92 Å². The summed E-state index contributed by atoms with van der Waals surface area (Å²) in [5.41, 5.74) is 1.50. The Morgan fingerprint density at radius 2 is 1.86 bits per heavy atom. The number of H-pyrrole nitrogens is 1. The lowest BCUT2D eigenvalue weighted by molar-refractivity contribution is -0.0515. The molecule has 1 unspecified atom stereocenters. The Morgan fingerprint density at radius 1 is 1.07 bits per heavy atom. The van der Waals surface area contributed by atoms with Gasteiger partial charge in [0.1, 0.15) is 0 Å². The number of aromatic nitrogens is 2. The number of hydrogen-bond donors (Lipinski definition) is 2. The predicted molar refractivity (Wildman–Crippen MR) is 105 cm³/mol. The second kappa shape index (κ2) is 10.6. The first-order valence-corrected chi connectivity index (χ1v) is 9.48. The largest absolute Gasteiger partial charge is 0.489 e. The number of rotatable bonds is 8. The summed E-state index contributed by atoms with van der Waals surface area (Å²) in [6, 6.07) is 14.0. The lowest BCUT2D eigenvalue weighted by Crippen LogP contribution is -2.08. The van der Waals surface area contributed by atoms with Crippen LogP contribution in [0.25, 0.3) is 0 Å². The molecule has 2 N–H and O–H groups in total. The number of aliphatic hydroxyl groups is 1. The van der Waals surface area contributed by atoms with Crippen LogP contribution in [0.1, 0.15) is 30.2 Å². The quantitative estimate of drug-likeness (QED) is 0.570. The zero-order valence-corrected chi connectivity index (χ0v) is 15.9. The second-order valence-corrected chi connectivity index (χ2v) is 6.78. The fraction of sp³-hybridized carbons (Fsp3) is 0.318. The first kappa shape index (κ1) is 20.8. The van der Waals surface area contributed by atoms with Crippen LogP contribution in [0.15, 0.2) is 67.1 Å². The fourth-order valence-electron chi connectivity index (χ4n) is 2.66. The van der Waals surface area contributed by atoms with Gasteiger partial charge in [-0.25, -0.2) is 0 Å². The van der Waals surface area contributed by atoms with Crippen molar-refractivity contribution in [1.29, 1.82) is 0 Å². The van der Waals surface area contributed by atoms with Crippen molar-refractivity contribution in [2.45, 2.75) is 32.0 Å². The third-order valence-corrected chi connectivity index (χ3v) is 4.38. The summed E-state index contributed by atoms with van der Waals surface area (Å²) in [5.74, 6) is 0.735. The summed E-state index contributed by atoms with van der Waals surface area (Å²) in [5, 5.41) is 10.3. The van der Waals surface area contributed by atoms with Crippen molar-refractivity contribution in [1.82, 2.24) is 9.97 Å². The molecule has 1 aliphatic rings. The highest BCUT2D eigenvalue weighted by Crippen LogP contribution is 2.35. The number of aromatic amines is 1. The molecule has 1 atom stereocenters. The maximum atomic E-state index is 12.5. The van der Waals surface area contributed by atoms with Gasteiger partial charge in [-0.15, -0.1) is 0 Å². The van der Waals surface area contributed by atoms with Crippen LogP contribution in [-0.2, 0) is 6.42 Å². The number of nitrogens with one attached hydrogen (secondary N) is 1. The Hall–Kier alpha value is -2.93. The number of halogens is 2. The minimum Gasteiger partial charge on any atom is -0.489 e. The average Bonchev–Trinajstić information content (AvgIpc) is 3.43. The molecule has 4 rings (SSSR count). The molecule has 0 spiro atoms. The molecule has 2 heterocycles. The Balaban J connectivity index is 0.000000343. The minimum atomic E-state index is -2.91. The zero-order valence-electron chi connectivity index (χ0n) is 15.9. The van der Waals surface area contributed by atoms with Gasteiger partial charge in [-0.2, -0.15) is 8.78 Å². The van der Waals surface area contributed by atoms with Gasteiger partial charge < -0.3 is 19.6 Å². The predicted octanol–water partition coefficient (Wildman–Crippen LogP) is 4.76. The van der Waals surface area contributed by atoms with E-state index in [4.69, 9.17) is 4.74 Å². The summed E-state index contributed by atoms with van der Waals surface area (Å²) >= 11 is 0. The smallest absolute Gasteiger partial charge is 0.387 e. The van der Waals surface area contributed by atoms with Gasteiger partial charge in [-0.1, -0.05) is 12.1 Å². The van der Waals surface area contributed by atoms with Crippen LogP contribution in [0.4, 0.5) is 8.78 Å². The first-order valence-electron chi connectivity index (χ1n) is 9.48. The summed E-state index contributed by atoms with van der Waals surface area (Å²) in [7, 11) is 0. The summed E-state index contributed by atoms with van der Waals surface area (Å²) in [4.78, 5) is 6.81. The highest BCUT2D eigenvalue weighted by Gasteiger charge is 2.23. The summed E-state index contributed by atoms with van der Waals surface area (Å²) in [6.45, 7) is -2.43. The number of hydrogen-bond acceptors (Lipinski definition) is 4. The molecule has 0 amide bonds. The molecule has 0 bridgehead atoms. The van der Waals surface area contributed by atoms with Gasteiger partial charge in [0.15, 0.2) is 11.5 Å². The lowest BCUT2D eigenvalue weighted by Gasteiger charge is -2.16. The molecule has 1 fully saturated rings. The van der Waals surface area contributed by atoms with E-state index in [0.717, 1.165) is 18.5 Å². The lowest BCUT2D eigenvalue weighted by atomic mass is 10.0. The van der Waals surface area contributed by atoms with E-state index in [0.29, 0.717) is 24.5 Å². The Labute approximate surface area is 168 Å². The van der Waals surface area contributed by atoms with Gasteiger partial charge in [0, 0.05) is 30.7 Å². The van der Waals surface area contributed by atoms with E-state index in [2.05, 4.69) is 14.7 Å². The van der Waals surface area contributed by atoms with E-state index in [1.807, 2.05) is 30.3 Å². The van der Waals surface area contributed by atoms with E-state index < -0.39 is 12.7 Å². The zero-order chi connectivity index (χ0) is 20.5. The number of nitrogens with zero attached hydrogens (tertiary/aromatic N) is 1. The molecule has 5 nitrogen and oxygen atoms in total. The molecule has 29 heavy (non-hydrogen) atoms. The maximum Gasteiger partial charge on any atom is 0.387 e. The van der Waals surface area contributed by atoms with Crippen LogP contribution in [0, 0.1) is 5.92 Å². The van der Waals surface area contributed by atoms with Crippen LogP contribution >= 0.6 is 0 Å². The molecule has 3 aromatic rings. The van der Waals surface area contributed by atoms with E-state index in [1.165, 1.54) is 6.07 Å². The number of pyridine rings is 1. The Kier molecular flexibility index (Phi) is 7.58. The van der Waals surface area contributed by atoms with Gasteiger partial charge >= 0.3 is 6.61 Å². The average molecular weight is 402 g/mol. The molecule has 0 radical (unpaired) electrons. The molecule has 2 aromatic heterocycles. The van der Waals surface area contributed by atoms with Crippen LogP contribution in [0.5, 0.6) is 11.5 Å². The van der Waals surface area contributed by atoms with Crippen molar-refractivity contribution in [3.8, 4) is 11.5 Å². The highest BCUT2D eigenvalue weighted by atomic mass is 19.3. The normalized spacial score (nSPS) is 14.1. The molecule has 154 valence electrons. The number of ether oxygens (including phenoxy) is 2. The second-order valence-electron chi connectivity index (χ2n) is 6.78. The molecule has 7 heteroatoms. The van der Waals surface area contributed by atoms with Crippen molar-refractivity contribution < 1.29 is 23.4 Å². The van der Waals surface area contributed by atoms with E-state index in [1.54, 1.807) is 30.7 Å². The van der Waals surface area contributed by atoms with Crippen molar-refractivity contribution in [2.75, 3.05) is 6.61 Å². The maximum absolute atomic E-state index is 12.5. The first-order chi connectivity index (χ1) is 14.1. The monoisotopic (exact) mass is 402 g/mol. The van der Waals surface area contributed by atoms with Gasteiger partial charge in [0.2, 0.25) is 0 Å². The molecule has 1 aromatic carbocycles. The van der Waals surface area contributed by atoms with Crippen molar-refractivity contribution in [3.63, 3.8) is 0 Å². The highest BCUT2D eigenvalue weighted by molar-refractivity contribution is 5.44. The molecule has 0 aliphatic heterocycles. The third kappa shape index (κ3) is 7.19. The minimum absolute atomic E-state index is 0.00327. The van der Waals surface area contributed by atoms with Gasteiger partial charge in [-0.05, 0) is 60.7 Å². The van der Waals surface area contributed by atoms with Crippen molar-refractivity contribution >= 4 is 0 Å². The molecule has 0 saturated heterocycles. The number of aliphatic hydroxyl groups excluding tert-OH is 1. The van der Waals surface area contributed by atoms with Crippen LogP contribution in [0.2, 0.25) is 0 Å². The topological polar surface area (TPSA) is 67.4 Å². The summed E-state index contributed by atoms with van der Waals surface area (Å²) < 4.78 is 35.1. The number of benzene rings is 1. The Bertz CT molecular complexity index is 814. The van der Waals surface area contributed by atoms with Gasteiger partial charge in [0.25, 0.3) is 0 Å². The van der Waals surface area contributed by atoms with E-state index in [9.17, 15) is 13.9 Å². The van der Waals surface area contributed by atoms with E-state index >= 15 is 0 Å². The standard InChI is InChI=1S/C17H19F2NO3.C5H5N/c18-17(19)23-15-6-5-12(8-16(15)22-10-11-3-4-11)14(21)9-13-2-1-7-20-13;1-2-4-6-5-3-1/h1-2,5-8,11,14,17,20-21H,3-4,9-10H2;1-5H. The SMILES string of the molecule is OC(Cc1ccc[nH]1)c1ccc(OC(F)F)c(OCC2CC2)c1.c1ccncc1.